The summed E-state index contributed by atoms with van der Waals surface area (Å²) in [5, 5.41) is 0. The molecule has 3 rings (SSSR count). The Kier molecular flexibility index (Phi) is 7.27. The topological polar surface area (TPSA) is 9.23 Å². The Balaban J connectivity index is 1.48. The summed E-state index contributed by atoms with van der Waals surface area (Å²) in [6.45, 7) is 2.25. The van der Waals surface area contributed by atoms with Crippen LogP contribution in [0.3, 0.4) is 0 Å². The fourth-order valence-corrected chi connectivity index (χ4v) is 5.09. The molecule has 1 unspecified atom stereocenters. The van der Waals surface area contributed by atoms with Crippen molar-refractivity contribution in [3.05, 3.63) is 29.1 Å². The van der Waals surface area contributed by atoms with E-state index < -0.39 is 17.9 Å². The van der Waals surface area contributed by atoms with Crippen molar-refractivity contribution in [2.45, 2.75) is 90.3 Å². The molecule has 0 radical (unpaired) electrons. The van der Waals surface area contributed by atoms with Gasteiger partial charge in [-0.1, -0.05) is 64.4 Å². The molecule has 1 nitrogen and oxygen atoms in total. The van der Waals surface area contributed by atoms with Gasteiger partial charge in [-0.05, 0) is 60.6 Å². The first-order valence-electron chi connectivity index (χ1n) is 10.9. The predicted molar refractivity (Wildman–Crippen MR) is 103 cm³/mol. The van der Waals surface area contributed by atoms with Crippen molar-refractivity contribution in [3.63, 3.8) is 0 Å². The van der Waals surface area contributed by atoms with Gasteiger partial charge in [0.15, 0.2) is 11.6 Å². The third-order valence-electron chi connectivity index (χ3n) is 6.76. The van der Waals surface area contributed by atoms with E-state index in [0.29, 0.717) is 17.9 Å². The normalized spacial score (nSPS) is 25.4. The molecule has 0 saturated heterocycles. The van der Waals surface area contributed by atoms with Crippen molar-refractivity contribution in [3.8, 4) is 5.75 Å². The number of hydrogen-bond acceptors (Lipinski definition) is 1. The Morgan fingerprint density at radius 2 is 1.57 bits per heavy atom. The lowest BCUT2D eigenvalue weighted by Gasteiger charge is -2.31. The van der Waals surface area contributed by atoms with Crippen LogP contribution >= 0.6 is 0 Å². The van der Waals surface area contributed by atoms with Crippen LogP contribution in [0.5, 0.6) is 5.75 Å². The summed E-state index contributed by atoms with van der Waals surface area (Å²) in [6.07, 6.45) is 9.07. The van der Waals surface area contributed by atoms with E-state index in [1.807, 2.05) is 0 Å². The van der Waals surface area contributed by atoms with Crippen LogP contribution in [0.4, 0.5) is 17.6 Å². The van der Waals surface area contributed by atoms with Crippen LogP contribution in [0.1, 0.15) is 82.3 Å². The number of unbranched alkanes of at least 4 members (excludes halogenated alkanes) is 1. The molecule has 0 N–H and O–H groups in total. The van der Waals surface area contributed by atoms with Crippen LogP contribution < -0.4 is 4.74 Å². The molecule has 0 spiro atoms. The molecular formula is C23H32F4O. The number of rotatable bonds is 7. The molecular weight excluding hydrogens is 368 g/mol. The van der Waals surface area contributed by atoms with Gasteiger partial charge in [-0.25, -0.2) is 4.39 Å². The van der Waals surface area contributed by atoms with E-state index >= 15 is 0 Å². The lowest BCUT2D eigenvalue weighted by Crippen LogP contribution is -2.21. The van der Waals surface area contributed by atoms with E-state index in [-0.39, 0.29) is 0 Å². The Morgan fingerprint density at radius 1 is 0.929 bits per heavy atom. The molecule has 0 aromatic heterocycles. The summed E-state index contributed by atoms with van der Waals surface area (Å²) < 4.78 is 55.4. The first-order valence-corrected chi connectivity index (χ1v) is 10.9. The highest BCUT2D eigenvalue weighted by Gasteiger charge is 2.34. The van der Waals surface area contributed by atoms with Crippen molar-refractivity contribution < 1.29 is 22.3 Å². The van der Waals surface area contributed by atoms with Gasteiger partial charge in [-0.15, -0.1) is 13.2 Å². The van der Waals surface area contributed by atoms with Crippen molar-refractivity contribution in [2.75, 3.05) is 0 Å². The number of benzene rings is 1. The summed E-state index contributed by atoms with van der Waals surface area (Å²) in [6, 6.07) is 2.74. The number of halogens is 4. The zero-order valence-electron chi connectivity index (χ0n) is 16.8. The molecule has 1 saturated carbocycles. The van der Waals surface area contributed by atoms with Gasteiger partial charge in [0.1, 0.15) is 0 Å². The van der Waals surface area contributed by atoms with Crippen molar-refractivity contribution in [1.82, 2.24) is 0 Å². The third kappa shape index (κ3) is 5.87. The Labute approximate surface area is 165 Å². The molecule has 0 bridgehead atoms. The average molecular weight is 401 g/mol. The Morgan fingerprint density at radius 3 is 2.21 bits per heavy atom. The van der Waals surface area contributed by atoms with Gasteiger partial charge in [0.05, 0.1) is 0 Å². The molecule has 28 heavy (non-hydrogen) atoms. The van der Waals surface area contributed by atoms with Gasteiger partial charge in [-0.3, -0.25) is 0 Å². The lowest BCUT2D eigenvalue weighted by atomic mass is 9.75. The maximum atomic E-state index is 14.4. The summed E-state index contributed by atoms with van der Waals surface area (Å²) >= 11 is 0. The van der Waals surface area contributed by atoms with E-state index in [4.69, 9.17) is 0 Å². The van der Waals surface area contributed by atoms with Crippen molar-refractivity contribution >= 4 is 0 Å². The summed E-state index contributed by atoms with van der Waals surface area (Å²) in [7, 11) is 0. The molecule has 2 aliphatic carbocycles. The maximum Gasteiger partial charge on any atom is 0.573 e. The van der Waals surface area contributed by atoms with Crippen molar-refractivity contribution in [1.29, 1.82) is 0 Å². The minimum atomic E-state index is -4.86. The summed E-state index contributed by atoms with van der Waals surface area (Å²) in [5.74, 6) is 0.717. The van der Waals surface area contributed by atoms with Gasteiger partial charge in [0.25, 0.3) is 0 Å². The first kappa shape index (κ1) is 21.4. The quantitative estimate of drug-likeness (QED) is 0.428. The van der Waals surface area contributed by atoms with Crippen LogP contribution in [0.15, 0.2) is 12.1 Å². The second kappa shape index (κ2) is 9.49. The second-order valence-electron chi connectivity index (χ2n) is 8.78. The molecule has 1 aromatic rings. The monoisotopic (exact) mass is 400 g/mol. The molecule has 2 aliphatic rings. The van der Waals surface area contributed by atoms with Crippen LogP contribution in [0, 0.1) is 23.6 Å². The molecule has 1 atom stereocenters. The smallest absolute Gasteiger partial charge is 0.403 e. The number of ether oxygens (including phenoxy) is 1. The van der Waals surface area contributed by atoms with E-state index in [1.54, 1.807) is 6.07 Å². The SMILES string of the molecule is CCCCC1CCC(CCC2CCc3c(ccc(OC(F)(F)F)c3F)C2)CC1. The number of fused-ring (bicyclic) bond motifs is 1. The molecule has 0 aliphatic heterocycles. The van der Waals surface area contributed by atoms with Crippen LogP contribution in [0.25, 0.3) is 0 Å². The van der Waals surface area contributed by atoms with E-state index in [2.05, 4.69) is 11.7 Å². The minimum Gasteiger partial charge on any atom is -0.403 e. The van der Waals surface area contributed by atoms with E-state index in [0.717, 1.165) is 42.7 Å². The number of alkyl halides is 3. The van der Waals surface area contributed by atoms with Gasteiger partial charge in [0.2, 0.25) is 0 Å². The molecule has 1 aromatic carbocycles. The zero-order chi connectivity index (χ0) is 20.1. The largest absolute Gasteiger partial charge is 0.573 e. The van der Waals surface area contributed by atoms with Crippen LogP contribution in [-0.4, -0.2) is 6.36 Å². The van der Waals surface area contributed by atoms with Crippen LogP contribution in [0.2, 0.25) is 0 Å². The van der Waals surface area contributed by atoms with Crippen LogP contribution in [-0.2, 0) is 12.8 Å². The van der Waals surface area contributed by atoms with Crippen molar-refractivity contribution in [2.24, 2.45) is 17.8 Å². The van der Waals surface area contributed by atoms with E-state index in [9.17, 15) is 17.6 Å². The molecule has 5 heteroatoms. The Hall–Kier alpha value is -1.26. The fourth-order valence-electron chi connectivity index (χ4n) is 5.09. The number of hydrogen-bond donors (Lipinski definition) is 0. The summed E-state index contributed by atoms with van der Waals surface area (Å²) in [5.41, 5.74) is 1.26. The minimum absolute atomic E-state index is 0.412. The maximum absolute atomic E-state index is 14.4. The van der Waals surface area contributed by atoms with Gasteiger partial charge in [0, 0.05) is 0 Å². The molecule has 0 amide bonds. The zero-order valence-corrected chi connectivity index (χ0v) is 16.8. The summed E-state index contributed by atoms with van der Waals surface area (Å²) in [4.78, 5) is 0. The van der Waals surface area contributed by atoms with E-state index in [1.165, 1.54) is 51.4 Å². The second-order valence-corrected chi connectivity index (χ2v) is 8.78. The first-order chi connectivity index (χ1) is 13.4. The lowest BCUT2D eigenvalue weighted by molar-refractivity contribution is -0.275. The average Bonchev–Trinajstić information content (AvgIpc) is 2.67. The van der Waals surface area contributed by atoms with Gasteiger partial charge in [-0.2, -0.15) is 0 Å². The highest BCUT2D eigenvalue weighted by molar-refractivity contribution is 5.39. The highest BCUT2D eigenvalue weighted by atomic mass is 19.4. The third-order valence-corrected chi connectivity index (χ3v) is 6.76. The van der Waals surface area contributed by atoms with Gasteiger partial charge < -0.3 is 4.74 Å². The van der Waals surface area contributed by atoms with Gasteiger partial charge >= 0.3 is 6.36 Å². The highest BCUT2D eigenvalue weighted by Crippen LogP contribution is 2.38. The standard InChI is InChI=1S/C23H32F4O/c1-2-3-4-16-5-7-17(8-6-16)9-10-18-11-13-20-19(15-18)12-14-21(22(20)24)28-23(25,26)27/h12,14,16-18H,2-11,13,15H2,1H3. The molecule has 1 fully saturated rings. The Bertz CT molecular complexity index is 632. The fraction of sp³-hybridized carbons (Fsp3) is 0.739. The predicted octanol–water partition coefficient (Wildman–Crippen LogP) is 7.61. The molecule has 158 valence electrons. The molecule has 0 heterocycles.